The van der Waals surface area contributed by atoms with E-state index in [4.69, 9.17) is 23.7 Å². The van der Waals surface area contributed by atoms with Crippen molar-refractivity contribution in [1.82, 2.24) is 0 Å². The van der Waals surface area contributed by atoms with Crippen molar-refractivity contribution in [2.24, 2.45) is 0 Å². The predicted octanol–water partition coefficient (Wildman–Crippen LogP) is 11.9. The molecule has 9 nitrogen and oxygen atoms in total. The summed E-state index contributed by atoms with van der Waals surface area (Å²) in [5, 5.41) is 0. The third-order valence-electron chi connectivity index (χ3n) is 11.7. The Labute approximate surface area is 384 Å². The van der Waals surface area contributed by atoms with Gasteiger partial charge in [-0.15, -0.1) is 0 Å². The molecule has 0 fully saturated rings. The van der Waals surface area contributed by atoms with Crippen LogP contribution in [0.5, 0.6) is 28.7 Å². The number of carbonyl (C=O) groups excluding carboxylic acids is 4. The number of hydrogen-bond donors (Lipinski definition) is 0. The summed E-state index contributed by atoms with van der Waals surface area (Å²) in [5.41, 5.74) is 14.2. The van der Waals surface area contributed by atoms with Crippen LogP contribution in [0.15, 0.2) is 163 Å². The number of fused-ring (bicyclic) bond motifs is 6. The van der Waals surface area contributed by atoms with Crippen molar-refractivity contribution >= 4 is 23.9 Å². The van der Waals surface area contributed by atoms with Crippen LogP contribution in [0, 0.1) is 0 Å². The highest BCUT2D eigenvalue weighted by molar-refractivity contribution is 5.93. The Morgan fingerprint density at radius 1 is 0.409 bits per heavy atom. The van der Waals surface area contributed by atoms with Crippen LogP contribution in [0.4, 0.5) is 0 Å². The average Bonchev–Trinajstić information content (AvgIpc) is 3.32. The minimum absolute atomic E-state index is 0.290. The van der Waals surface area contributed by atoms with Crippen LogP contribution in [0.2, 0.25) is 0 Å². The van der Waals surface area contributed by atoms with Crippen LogP contribution in [0.1, 0.15) is 49.9 Å². The molecule has 6 aromatic carbocycles. The molecule has 0 unspecified atom stereocenters. The monoisotopic (exact) mass is 876 g/mol. The largest absolute Gasteiger partial charge is 0.496 e. The highest BCUT2D eigenvalue weighted by Gasteiger charge is 2.22. The molecule has 0 saturated heterocycles. The second kappa shape index (κ2) is 19.0. The molecule has 6 aromatic rings. The molecule has 8 rings (SSSR count). The van der Waals surface area contributed by atoms with Gasteiger partial charge in [0.05, 0.1) is 7.11 Å². The van der Waals surface area contributed by atoms with E-state index < -0.39 is 23.9 Å². The SMILES string of the molecule is C=C(C)C(=O)Oc1ccc(-c2ccc3c(c2)CCc2cc(OC(=O)/C(C)=C/C=C(\C)C(=O)Oc4ccc(-c5ccc6c(c5)CCc5cc(OC(=O)C(=C)C)ccc5-6)c(OC)c4)ccc2-3)cc1. The van der Waals surface area contributed by atoms with Gasteiger partial charge in [-0.25, -0.2) is 19.2 Å². The standard InChI is InChI=1S/C57H48O9/c1-33(2)54(58)63-44-18-14-37(15-19-44)38-16-23-48-39(28-38)10-12-43-31-46(21-26-50(43)48)65-56(60)35(5)8-9-36(6)57(61)66-47-22-27-52(53(32-47)62-7)41-17-24-49-40(29-41)11-13-42-30-45(20-25-51(42)49)64-55(59)34(3)4/h8-9,14-32H,1,3,10-13H2,2,4-7H3/b35-8+,36-9+. The van der Waals surface area contributed by atoms with Gasteiger partial charge in [0.15, 0.2) is 0 Å². The minimum atomic E-state index is -0.575. The quantitative estimate of drug-likeness (QED) is 0.0513. The van der Waals surface area contributed by atoms with Gasteiger partial charge in [0.25, 0.3) is 0 Å². The van der Waals surface area contributed by atoms with Crippen molar-refractivity contribution in [2.45, 2.75) is 53.4 Å². The van der Waals surface area contributed by atoms with E-state index in [-0.39, 0.29) is 5.57 Å². The van der Waals surface area contributed by atoms with Crippen molar-refractivity contribution in [1.29, 1.82) is 0 Å². The average molecular weight is 877 g/mol. The summed E-state index contributed by atoms with van der Waals surface area (Å²) in [7, 11) is 1.57. The van der Waals surface area contributed by atoms with Gasteiger partial charge >= 0.3 is 23.9 Å². The van der Waals surface area contributed by atoms with Gasteiger partial charge in [-0.1, -0.05) is 86.0 Å². The fourth-order valence-electron chi connectivity index (χ4n) is 8.06. The highest BCUT2D eigenvalue weighted by atomic mass is 16.5. The van der Waals surface area contributed by atoms with Gasteiger partial charge in [-0.2, -0.15) is 0 Å². The molecule has 0 saturated carbocycles. The zero-order valence-corrected chi connectivity index (χ0v) is 37.5. The van der Waals surface area contributed by atoms with E-state index in [1.54, 1.807) is 77.3 Å². The Hall–Kier alpha value is -8.04. The molecule has 66 heavy (non-hydrogen) atoms. The number of carbonyl (C=O) groups is 4. The van der Waals surface area contributed by atoms with Crippen LogP contribution in [-0.4, -0.2) is 31.0 Å². The molecule has 9 heteroatoms. The van der Waals surface area contributed by atoms with Gasteiger partial charge in [-0.3, -0.25) is 0 Å². The number of rotatable bonds is 12. The Bertz CT molecular complexity index is 3060. The molecule has 2 aliphatic rings. The lowest BCUT2D eigenvalue weighted by atomic mass is 9.84. The van der Waals surface area contributed by atoms with E-state index in [0.29, 0.717) is 45.5 Å². The molecule has 0 bridgehead atoms. The fraction of sp³-hybridized carbons (Fsp3) is 0.158. The Balaban J connectivity index is 0.880. The summed E-state index contributed by atoms with van der Waals surface area (Å²) in [6.45, 7) is 13.8. The van der Waals surface area contributed by atoms with Gasteiger partial charge in [-0.05, 0) is 163 Å². The summed E-state index contributed by atoms with van der Waals surface area (Å²) in [6, 6.07) is 36.8. The van der Waals surface area contributed by atoms with Crippen molar-refractivity contribution in [3.8, 4) is 73.3 Å². The van der Waals surface area contributed by atoms with Crippen molar-refractivity contribution in [2.75, 3.05) is 7.11 Å². The number of benzene rings is 6. The highest BCUT2D eigenvalue weighted by Crippen LogP contribution is 2.41. The first-order valence-corrected chi connectivity index (χ1v) is 21.6. The van der Waals surface area contributed by atoms with Crippen LogP contribution < -0.4 is 23.7 Å². The normalized spacial score (nSPS) is 12.6. The first kappa shape index (κ1) is 44.6. The summed E-state index contributed by atoms with van der Waals surface area (Å²) in [4.78, 5) is 50.2. The topological polar surface area (TPSA) is 114 Å². The third kappa shape index (κ3) is 9.71. The number of ether oxygens (including phenoxy) is 5. The summed E-state index contributed by atoms with van der Waals surface area (Å²) in [6.07, 6.45) is 6.30. The number of aryl methyl sites for hydroxylation is 4. The zero-order valence-electron chi connectivity index (χ0n) is 37.5. The van der Waals surface area contributed by atoms with Crippen molar-refractivity contribution < 1.29 is 42.9 Å². The maximum Gasteiger partial charge on any atom is 0.339 e. The second-order valence-corrected chi connectivity index (χ2v) is 16.6. The lowest BCUT2D eigenvalue weighted by Crippen LogP contribution is -2.11. The molecule has 0 radical (unpaired) electrons. The minimum Gasteiger partial charge on any atom is -0.496 e. The molecule has 0 N–H and O–H groups in total. The maximum absolute atomic E-state index is 13.2. The number of esters is 4. The van der Waals surface area contributed by atoms with E-state index in [1.807, 2.05) is 48.5 Å². The molecule has 330 valence electrons. The molecular weight excluding hydrogens is 829 g/mol. The van der Waals surface area contributed by atoms with Crippen LogP contribution in [-0.2, 0) is 44.9 Å². The Morgan fingerprint density at radius 2 is 0.758 bits per heavy atom. The third-order valence-corrected chi connectivity index (χ3v) is 11.7. The molecule has 0 heterocycles. The second-order valence-electron chi connectivity index (χ2n) is 16.6. The number of allylic oxidation sites excluding steroid dienone is 2. The zero-order chi connectivity index (χ0) is 46.6. The smallest absolute Gasteiger partial charge is 0.339 e. The van der Waals surface area contributed by atoms with Crippen LogP contribution in [0.25, 0.3) is 44.5 Å². The first-order valence-electron chi connectivity index (χ1n) is 21.6. The van der Waals surface area contributed by atoms with E-state index in [2.05, 4.69) is 43.5 Å². The van der Waals surface area contributed by atoms with Gasteiger partial charge in [0.1, 0.15) is 28.7 Å². The van der Waals surface area contributed by atoms with Gasteiger partial charge < -0.3 is 23.7 Å². The van der Waals surface area contributed by atoms with Gasteiger partial charge in [0.2, 0.25) is 0 Å². The molecule has 0 atom stereocenters. The fourth-order valence-corrected chi connectivity index (χ4v) is 8.06. The van der Waals surface area contributed by atoms with Gasteiger partial charge in [0, 0.05) is 33.9 Å². The van der Waals surface area contributed by atoms with E-state index in [9.17, 15) is 19.2 Å². The van der Waals surface area contributed by atoms with E-state index in [1.165, 1.54) is 17.2 Å². The van der Waals surface area contributed by atoms with Crippen molar-refractivity contribution in [3.05, 3.63) is 185 Å². The maximum atomic E-state index is 13.2. The van der Waals surface area contributed by atoms with E-state index in [0.717, 1.165) is 81.3 Å². The van der Waals surface area contributed by atoms with Crippen molar-refractivity contribution in [3.63, 3.8) is 0 Å². The summed E-state index contributed by atoms with van der Waals surface area (Å²) < 4.78 is 28.0. The number of methoxy groups -OCH3 is 1. The Morgan fingerprint density at radius 3 is 1.23 bits per heavy atom. The van der Waals surface area contributed by atoms with E-state index >= 15 is 0 Å². The summed E-state index contributed by atoms with van der Waals surface area (Å²) >= 11 is 0. The number of hydrogen-bond acceptors (Lipinski definition) is 9. The Kier molecular flexibility index (Phi) is 12.8. The molecule has 0 spiro atoms. The first-order chi connectivity index (χ1) is 31.7. The predicted molar refractivity (Wildman–Crippen MR) is 256 cm³/mol. The molecule has 0 aromatic heterocycles. The lowest BCUT2D eigenvalue weighted by Gasteiger charge is -2.22. The van der Waals surface area contributed by atoms with Crippen LogP contribution in [0.3, 0.4) is 0 Å². The molecule has 0 amide bonds. The molecular formula is C57H48O9. The molecule has 0 aliphatic heterocycles. The van der Waals surface area contributed by atoms with Crippen LogP contribution >= 0.6 is 0 Å². The summed E-state index contributed by atoms with van der Waals surface area (Å²) in [5.74, 6) is 0.265. The lowest BCUT2D eigenvalue weighted by molar-refractivity contribution is -0.131. The molecule has 2 aliphatic carbocycles.